The lowest BCUT2D eigenvalue weighted by molar-refractivity contribution is -0.813. The first-order valence-electron chi connectivity index (χ1n) is 7.85. The Kier molecular flexibility index (Phi) is 5.57. The van der Waals surface area contributed by atoms with E-state index in [-0.39, 0.29) is 27.5 Å². The molecule has 1 aromatic carbocycles. The van der Waals surface area contributed by atoms with Gasteiger partial charge in [-0.2, -0.15) is 0 Å². The van der Waals surface area contributed by atoms with Crippen molar-refractivity contribution in [2.24, 2.45) is 0 Å². The van der Waals surface area contributed by atoms with Gasteiger partial charge in [-0.1, -0.05) is 35.3 Å². The Hall–Kier alpha value is -2.28. The number of rotatable bonds is 3. The molecule has 1 fully saturated rings. The van der Waals surface area contributed by atoms with E-state index in [2.05, 4.69) is 10.1 Å². The van der Waals surface area contributed by atoms with Gasteiger partial charge in [0.15, 0.2) is 11.8 Å². The van der Waals surface area contributed by atoms with Crippen LogP contribution in [0.25, 0.3) is 11.3 Å². The van der Waals surface area contributed by atoms with Crippen molar-refractivity contribution in [1.29, 1.82) is 0 Å². The third-order valence-electron chi connectivity index (χ3n) is 4.20. The summed E-state index contributed by atoms with van der Waals surface area (Å²) in [7, 11) is 0. The molecule has 8 N–H and O–H groups in total. The minimum absolute atomic E-state index is 0.0324. The number of aliphatic hydroxyl groups is 3. The van der Waals surface area contributed by atoms with Crippen LogP contribution in [0.4, 0.5) is 11.8 Å². The van der Waals surface area contributed by atoms with Gasteiger partial charge in [-0.15, -0.1) is 9.78 Å². The van der Waals surface area contributed by atoms with Crippen LogP contribution in [0.1, 0.15) is 6.23 Å². The smallest absolute Gasteiger partial charge is 0.413 e. The molecule has 11 nitrogen and oxygen atoms in total. The lowest BCUT2D eigenvalue weighted by Gasteiger charge is -2.37. The molecule has 0 aliphatic carbocycles. The highest BCUT2D eigenvalue weighted by Crippen LogP contribution is 2.34. The van der Waals surface area contributed by atoms with E-state index < -0.39 is 36.6 Å². The average molecular weight is 436 g/mol. The van der Waals surface area contributed by atoms with Crippen LogP contribution in [0, 0.1) is 0 Å². The van der Waals surface area contributed by atoms with E-state index in [4.69, 9.17) is 39.4 Å². The third-order valence-corrected chi connectivity index (χ3v) is 5.02. The van der Waals surface area contributed by atoms with E-state index in [9.17, 15) is 25.2 Å². The lowest BCUT2D eigenvalue weighted by atomic mass is 9.98. The van der Waals surface area contributed by atoms with Gasteiger partial charge in [-0.25, -0.2) is 4.79 Å². The first kappa shape index (κ1) is 20.5. The Bertz CT molecular complexity index is 932. The van der Waals surface area contributed by atoms with Crippen molar-refractivity contribution >= 4 is 40.9 Å². The van der Waals surface area contributed by atoms with Gasteiger partial charge in [0.1, 0.15) is 18.3 Å². The van der Waals surface area contributed by atoms with Crippen LogP contribution in [0.5, 0.6) is 0 Å². The summed E-state index contributed by atoms with van der Waals surface area (Å²) in [5, 5.41) is 43.8. The van der Waals surface area contributed by atoms with E-state index in [1.807, 2.05) is 0 Å². The zero-order chi connectivity index (χ0) is 20.7. The molecule has 2 heterocycles. The standard InChI is InChI=1S/C15H15Cl2N5O6/c16-5-3-1-2-4(6(5)17)7-12(18)20-15(19)22(21-7)13-10(25)8(23)9(24)11(28-13)14(26)27/h1-3,8-11,13,23-25H,(H4,18,19,20,26,27)/p+1/t8?,9-,10?,11?,13-/m0/s1/i7+1,12+1,15+1. The zero-order valence-electron chi connectivity index (χ0n) is 14.0. The van der Waals surface area contributed by atoms with Gasteiger partial charge in [-0.05, 0) is 11.1 Å². The van der Waals surface area contributed by atoms with Gasteiger partial charge in [0, 0.05) is 5.56 Å². The number of nitrogens with zero attached hydrogens (tertiary/aromatic N) is 3. The molecule has 0 radical (unpaired) electrons. The molecule has 0 bridgehead atoms. The van der Waals surface area contributed by atoms with Crippen LogP contribution in [0.15, 0.2) is 18.2 Å². The zero-order valence-corrected chi connectivity index (χ0v) is 15.5. The second-order valence-corrected chi connectivity index (χ2v) is 6.79. The summed E-state index contributed by atoms with van der Waals surface area (Å²) >= 11 is 12.2. The van der Waals surface area contributed by atoms with Gasteiger partial charge in [0.25, 0.3) is 0 Å². The van der Waals surface area contributed by atoms with E-state index in [0.29, 0.717) is 5.56 Å². The first-order valence-corrected chi connectivity index (χ1v) is 8.60. The number of aliphatic hydroxyl groups excluding tert-OH is 3. The topological polar surface area (TPSA) is 189 Å². The molecule has 0 saturated carbocycles. The number of nitrogens with two attached hydrogens (primary N) is 2. The molecule has 1 aliphatic heterocycles. The van der Waals surface area contributed by atoms with Crippen LogP contribution < -0.4 is 16.1 Å². The molecule has 28 heavy (non-hydrogen) atoms. The number of ether oxygens (including phenoxy) is 1. The summed E-state index contributed by atoms with van der Waals surface area (Å²) in [5.41, 5.74) is 12.0. The maximum Gasteiger partial charge on any atom is 0.413 e. The Morgan fingerprint density at radius 3 is 2.46 bits per heavy atom. The Labute approximate surface area is 167 Å². The molecule has 1 saturated heterocycles. The van der Waals surface area contributed by atoms with Gasteiger partial charge in [0.2, 0.25) is 12.0 Å². The molecule has 3 rings (SSSR count). The fourth-order valence-electron chi connectivity index (χ4n) is 2.77. The number of carbonyl (C=O) groups is 1. The largest absolute Gasteiger partial charge is 0.479 e. The van der Waals surface area contributed by atoms with Crippen molar-refractivity contribution < 1.29 is 34.6 Å². The average Bonchev–Trinajstić information content (AvgIpc) is 2.63. The van der Waals surface area contributed by atoms with Crippen LogP contribution in [0.3, 0.4) is 0 Å². The summed E-state index contributed by atoms with van der Waals surface area (Å²) in [6, 6.07) is 4.70. The summed E-state index contributed by atoms with van der Waals surface area (Å²) in [6.07, 6.45) is -8.89. The Balaban J connectivity index is 2.12. The molecule has 2 aromatic rings. The maximum absolute atomic E-state index is 11.3. The third kappa shape index (κ3) is 3.43. The number of anilines is 2. The van der Waals surface area contributed by atoms with Gasteiger partial charge in [-0.3, -0.25) is 5.73 Å². The highest BCUT2D eigenvalue weighted by molar-refractivity contribution is 6.43. The lowest BCUT2D eigenvalue weighted by Crippen LogP contribution is -2.65. The fraction of sp³-hybridized carbons (Fsp3) is 0.333. The monoisotopic (exact) mass is 435 g/mol. The normalized spacial score (nSPS) is 27.5. The minimum atomic E-state index is -1.87. The van der Waals surface area contributed by atoms with Crippen molar-refractivity contribution in [2.45, 2.75) is 30.6 Å². The maximum atomic E-state index is 11.3. The predicted molar refractivity (Wildman–Crippen MR) is 96.1 cm³/mol. The number of benzene rings is 1. The summed E-state index contributed by atoms with van der Waals surface area (Å²) in [5.74, 6) is -2.00. The molecule has 150 valence electrons. The van der Waals surface area contributed by atoms with E-state index in [0.717, 1.165) is 4.68 Å². The van der Waals surface area contributed by atoms with E-state index in [1.54, 1.807) is 18.2 Å². The number of hydrogen-bond acceptors (Lipinski definition) is 9. The minimum Gasteiger partial charge on any atom is -0.479 e. The van der Waals surface area contributed by atoms with Crippen molar-refractivity contribution in [3.8, 4) is 11.3 Å². The second-order valence-electron chi connectivity index (χ2n) is 6.01. The van der Waals surface area contributed by atoms with Crippen LogP contribution in [-0.4, -0.2) is 60.9 Å². The first-order chi connectivity index (χ1) is 13.1. The number of aromatic nitrogens is 3. The molecular formula is C15H16Cl2N5O6+. The van der Waals surface area contributed by atoms with Gasteiger partial charge in [0.05, 0.1) is 10.0 Å². The molecule has 5 atom stereocenters. The second kappa shape index (κ2) is 7.62. The van der Waals surface area contributed by atoms with Crippen molar-refractivity contribution in [2.75, 3.05) is 11.5 Å². The highest BCUT2D eigenvalue weighted by Gasteiger charge is 2.50. The number of carboxylic acid groups (broad SMARTS) is 1. The number of nitrogen functional groups attached to an aromatic ring is 2. The van der Waals surface area contributed by atoms with Crippen molar-refractivity contribution in [1.82, 2.24) is 10.1 Å². The number of aliphatic carboxylic acids is 1. The van der Waals surface area contributed by atoms with Crippen molar-refractivity contribution in [3.63, 3.8) is 0 Å². The Morgan fingerprint density at radius 2 is 1.82 bits per heavy atom. The van der Waals surface area contributed by atoms with E-state index >= 15 is 0 Å². The molecular weight excluding hydrogens is 420 g/mol. The number of carboxylic acids is 1. The van der Waals surface area contributed by atoms with Gasteiger partial charge < -0.3 is 30.9 Å². The van der Waals surface area contributed by atoms with Crippen LogP contribution in [-0.2, 0) is 9.53 Å². The highest BCUT2D eigenvalue weighted by atomic mass is 35.5. The van der Waals surface area contributed by atoms with Crippen LogP contribution in [0.2, 0.25) is 10.0 Å². The fourth-order valence-corrected chi connectivity index (χ4v) is 3.16. The summed E-state index contributed by atoms with van der Waals surface area (Å²) in [6.45, 7) is 0. The van der Waals surface area contributed by atoms with Crippen molar-refractivity contribution in [3.05, 3.63) is 28.2 Å². The van der Waals surface area contributed by atoms with E-state index in [1.165, 1.54) is 0 Å². The predicted octanol–water partition coefficient (Wildman–Crippen LogP) is -1.03. The molecule has 13 heteroatoms. The number of halogens is 2. The molecule has 0 spiro atoms. The van der Waals surface area contributed by atoms with Crippen LogP contribution >= 0.6 is 23.2 Å². The Morgan fingerprint density at radius 1 is 1.14 bits per heavy atom. The molecule has 0 amide bonds. The molecule has 1 aromatic heterocycles. The quantitative estimate of drug-likeness (QED) is 0.325. The van der Waals surface area contributed by atoms with Gasteiger partial charge >= 0.3 is 11.9 Å². The number of hydrogen-bond donors (Lipinski definition) is 6. The molecule has 3 unspecified atom stereocenters. The summed E-state index contributed by atoms with van der Waals surface area (Å²) < 4.78 is 6.06. The SMILES string of the molecule is N[13c]1n[13c](N)[n+]([C@H]2OC(C(=O)O)[C@@H](O)C(O)C2O)n[13c]1-c1cccc(Cl)c1Cl. The molecule has 1 aliphatic rings. The summed E-state index contributed by atoms with van der Waals surface area (Å²) in [4.78, 5) is 15.2.